The van der Waals surface area contributed by atoms with Crippen molar-refractivity contribution in [1.82, 2.24) is 10.2 Å². The van der Waals surface area contributed by atoms with Gasteiger partial charge in [-0.2, -0.15) is 0 Å². The summed E-state index contributed by atoms with van der Waals surface area (Å²) in [5.74, 6) is -0.0904. The number of nitro benzene ring substituents is 1. The number of anilines is 1. The van der Waals surface area contributed by atoms with E-state index in [1.165, 1.54) is 6.07 Å². The zero-order chi connectivity index (χ0) is 13.7. The molecule has 0 aliphatic rings. The monoisotopic (exact) mass is 252 g/mol. The molecule has 0 radical (unpaired) electrons. The highest BCUT2D eigenvalue weighted by molar-refractivity contribution is 5.77. The van der Waals surface area contributed by atoms with Crippen molar-refractivity contribution in [3.05, 3.63) is 33.9 Å². The summed E-state index contributed by atoms with van der Waals surface area (Å²) >= 11 is 0. The van der Waals surface area contributed by atoms with Crippen LogP contribution < -0.4 is 11.1 Å². The summed E-state index contributed by atoms with van der Waals surface area (Å²) in [6, 6.07) is 4.56. The van der Waals surface area contributed by atoms with Gasteiger partial charge in [-0.25, -0.2) is 0 Å². The van der Waals surface area contributed by atoms with Crippen LogP contribution in [0.15, 0.2) is 18.2 Å². The quantitative estimate of drug-likeness (QED) is 0.447. The fourth-order valence-corrected chi connectivity index (χ4v) is 1.56. The van der Waals surface area contributed by atoms with Crippen LogP contribution in [0.25, 0.3) is 0 Å². The van der Waals surface area contributed by atoms with Gasteiger partial charge >= 0.3 is 0 Å². The molecule has 1 aromatic carbocycles. The first-order chi connectivity index (χ1) is 8.43. The van der Waals surface area contributed by atoms with Crippen molar-refractivity contribution < 1.29 is 9.72 Å². The lowest BCUT2D eigenvalue weighted by molar-refractivity contribution is -0.383. The second-order valence-electron chi connectivity index (χ2n) is 4.00. The van der Waals surface area contributed by atoms with E-state index in [9.17, 15) is 14.9 Å². The van der Waals surface area contributed by atoms with Crippen LogP contribution in [-0.4, -0.2) is 36.4 Å². The van der Waals surface area contributed by atoms with Crippen LogP contribution in [0.2, 0.25) is 0 Å². The molecule has 0 saturated carbocycles. The number of amides is 1. The highest BCUT2D eigenvalue weighted by Crippen LogP contribution is 2.22. The van der Waals surface area contributed by atoms with E-state index in [4.69, 9.17) is 5.73 Å². The van der Waals surface area contributed by atoms with E-state index in [1.807, 2.05) is 0 Å². The number of benzene rings is 1. The largest absolute Gasteiger partial charge is 0.393 e. The normalized spacial score (nSPS) is 10.4. The topological polar surface area (TPSA) is 102 Å². The summed E-state index contributed by atoms with van der Waals surface area (Å²) in [5, 5.41) is 13.1. The number of likely N-dealkylation sites (N-methyl/N-ethyl adjacent to an activating group) is 2. The van der Waals surface area contributed by atoms with Crippen LogP contribution in [0, 0.1) is 10.1 Å². The molecule has 0 fully saturated rings. The maximum Gasteiger partial charge on any atom is 0.292 e. The van der Waals surface area contributed by atoms with Crippen molar-refractivity contribution >= 4 is 17.3 Å². The van der Waals surface area contributed by atoms with Crippen molar-refractivity contribution in [1.29, 1.82) is 0 Å². The van der Waals surface area contributed by atoms with Gasteiger partial charge in [0.2, 0.25) is 5.91 Å². The van der Waals surface area contributed by atoms with Gasteiger partial charge < -0.3 is 11.1 Å². The zero-order valence-electron chi connectivity index (χ0n) is 10.3. The number of carbonyl (C=O) groups excluding carboxylic acids is 1. The summed E-state index contributed by atoms with van der Waals surface area (Å²) in [6.45, 7) is 0.753. The molecular formula is C11H16N4O3. The molecular weight excluding hydrogens is 236 g/mol. The summed E-state index contributed by atoms with van der Waals surface area (Å²) in [5.41, 5.74) is 6.44. The molecule has 0 aliphatic carbocycles. The molecule has 0 aromatic heterocycles. The lowest BCUT2D eigenvalue weighted by Crippen LogP contribution is -2.32. The average molecular weight is 252 g/mol. The van der Waals surface area contributed by atoms with Gasteiger partial charge in [0.1, 0.15) is 5.69 Å². The number of hydrogen-bond acceptors (Lipinski definition) is 5. The number of nitro groups is 1. The number of carbonyl (C=O) groups is 1. The first-order valence-electron chi connectivity index (χ1n) is 5.36. The Labute approximate surface area is 105 Å². The SMILES string of the molecule is CNC(=O)CN(C)Cc1ccc([N+](=O)[O-])c(N)c1. The summed E-state index contributed by atoms with van der Waals surface area (Å²) in [7, 11) is 3.35. The Balaban J connectivity index is 2.71. The van der Waals surface area contributed by atoms with Crippen molar-refractivity contribution in [2.24, 2.45) is 0 Å². The molecule has 0 unspecified atom stereocenters. The molecule has 0 heterocycles. The Morgan fingerprint density at radius 1 is 1.56 bits per heavy atom. The Morgan fingerprint density at radius 2 is 2.22 bits per heavy atom. The minimum Gasteiger partial charge on any atom is -0.393 e. The predicted octanol–water partition coefficient (Wildman–Crippen LogP) is 0.355. The second kappa shape index (κ2) is 5.97. The minimum atomic E-state index is -0.520. The Hall–Kier alpha value is -2.15. The van der Waals surface area contributed by atoms with Crippen LogP contribution in [0.3, 0.4) is 0 Å². The smallest absolute Gasteiger partial charge is 0.292 e. The number of rotatable bonds is 5. The Kier molecular flexibility index (Phi) is 4.61. The number of nitrogens with two attached hydrogens (primary N) is 1. The van der Waals surface area contributed by atoms with Gasteiger partial charge in [-0.05, 0) is 18.7 Å². The van der Waals surface area contributed by atoms with Crippen molar-refractivity contribution in [2.75, 3.05) is 26.4 Å². The van der Waals surface area contributed by atoms with Crippen LogP contribution in [0.1, 0.15) is 5.56 Å². The van der Waals surface area contributed by atoms with Crippen LogP contribution in [0.4, 0.5) is 11.4 Å². The predicted molar refractivity (Wildman–Crippen MR) is 67.9 cm³/mol. The third-order valence-corrected chi connectivity index (χ3v) is 2.43. The highest BCUT2D eigenvalue weighted by Gasteiger charge is 2.12. The van der Waals surface area contributed by atoms with E-state index in [-0.39, 0.29) is 23.8 Å². The average Bonchev–Trinajstić information content (AvgIpc) is 2.28. The molecule has 0 bridgehead atoms. The van der Waals surface area contributed by atoms with Gasteiger partial charge in [-0.1, -0.05) is 6.07 Å². The molecule has 18 heavy (non-hydrogen) atoms. The van der Waals surface area contributed by atoms with E-state index in [1.54, 1.807) is 31.1 Å². The maximum atomic E-state index is 11.2. The zero-order valence-corrected chi connectivity index (χ0v) is 10.3. The molecule has 0 saturated heterocycles. The van der Waals surface area contributed by atoms with Crippen LogP contribution in [-0.2, 0) is 11.3 Å². The van der Waals surface area contributed by atoms with Gasteiger partial charge in [0.05, 0.1) is 11.5 Å². The first kappa shape index (κ1) is 13.9. The number of nitrogen functional groups attached to an aromatic ring is 1. The Bertz CT molecular complexity index is 462. The van der Waals surface area contributed by atoms with E-state index in [0.29, 0.717) is 6.54 Å². The molecule has 1 aromatic rings. The van der Waals surface area contributed by atoms with Crippen molar-refractivity contribution in [3.63, 3.8) is 0 Å². The molecule has 0 spiro atoms. The summed E-state index contributed by atoms with van der Waals surface area (Å²) < 4.78 is 0. The van der Waals surface area contributed by atoms with E-state index in [0.717, 1.165) is 5.56 Å². The molecule has 98 valence electrons. The van der Waals surface area contributed by atoms with Gasteiger partial charge in [0, 0.05) is 19.7 Å². The van der Waals surface area contributed by atoms with E-state index in [2.05, 4.69) is 5.32 Å². The molecule has 0 atom stereocenters. The highest BCUT2D eigenvalue weighted by atomic mass is 16.6. The molecule has 1 rings (SSSR count). The lowest BCUT2D eigenvalue weighted by atomic mass is 10.1. The third-order valence-electron chi connectivity index (χ3n) is 2.43. The minimum absolute atomic E-state index is 0.0904. The molecule has 3 N–H and O–H groups in total. The molecule has 7 nitrogen and oxygen atoms in total. The van der Waals surface area contributed by atoms with Gasteiger partial charge in [-0.3, -0.25) is 19.8 Å². The van der Waals surface area contributed by atoms with Crippen LogP contribution in [0.5, 0.6) is 0 Å². The van der Waals surface area contributed by atoms with Crippen molar-refractivity contribution in [2.45, 2.75) is 6.54 Å². The standard InChI is InChI=1S/C11H16N4O3/c1-13-11(16)7-14(2)6-8-3-4-10(15(17)18)9(12)5-8/h3-5H,6-7,12H2,1-2H3,(H,13,16). The number of nitrogens with zero attached hydrogens (tertiary/aromatic N) is 2. The molecule has 1 amide bonds. The van der Waals surface area contributed by atoms with E-state index < -0.39 is 4.92 Å². The van der Waals surface area contributed by atoms with Gasteiger partial charge in [0.15, 0.2) is 0 Å². The molecule has 7 heteroatoms. The molecule has 0 aliphatic heterocycles. The lowest BCUT2D eigenvalue weighted by Gasteiger charge is -2.15. The first-order valence-corrected chi connectivity index (χ1v) is 5.36. The summed E-state index contributed by atoms with van der Waals surface area (Å²) in [6.07, 6.45) is 0. The second-order valence-corrected chi connectivity index (χ2v) is 4.00. The Morgan fingerprint density at radius 3 is 2.72 bits per heavy atom. The van der Waals surface area contributed by atoms with Gasteiger partial charge in [0.25, 0.3) is 5.69 Å². The number of nitrogens with one attached hydrogen (secondary N) is 1. The van der Waals surface area contributed by atoms with Crippen LogP contribution >= 0.6 is 0 Å². The van der Waals surface area contributed by atoms with E-state index >= 15 is 0 Å². The number of hydrogen-bond donors (Lipinski definition) is 2. The third kappa shape index (κ3) is 3.70. The van der Waals surface area contributed by atoms with Gasteiger partial charge in [-0.15, -0.1) is 0 Å². The van der Waals surface area contributed by atoms with Crippen molar-refractivity contribution in [3.8, 4) is 0 Å². The maximum absolute atomic E-state index is 11.2. The summed E-state index contributed by atoms with van der Waals surface area (Å²) in [4.78, 5) is 23.0. The fraction of sp³-hybridized carbons (Fsp3) is 0.364. The fourth-order valence-electron chi connectivity index (χ4n) is 1.56.